The Labute approximate surface area is 156 Å². The van der Waals surface area contributed by atoms with Gasteiger partial charge in [0, 0.05) is 18.7 Å². The molecule has 4 heteroatoms. The second-order valence-electron chi connectivity index (χ2n) is 7.51. The fourth-order valence-corrected chi connectivity index (χ4v) is 4.29. The molecule has 0 bridgehead atoms. The minimum Gasteiger partial charge on any atom is -0.496 e. The standard InChI is InChI=1S/C22H28N2O2/c1-24(12-11-16-9-10-21-18(13-16)15-26-23-21)14-17-5-3-7-20-19(17)6-4-8-22(20)25-2/h4,6,8-10,13,17,23H,3,5,7,11-12,14-15H2,1-2H3. The van der Waals surface area contributed by atoms with E-state index in [0.29, 0.717) is 12.5 Å². The van der Waals surface area contributed by atoms with Crippen LogP contribution in [-0.4, -0.2) is 32.1 Å². The Kier molecular flexibility index (Phi) is 5.14. The zero-order valence-corrected chi connectivity index (χ0v) is 15.8. The van der Waals surface area contributed by atoms with Crippen LogP contribution in [0.4, 0.5) is 5.69 Å². The molecular weight excluding hydrogens is 324 g/mol. The van der Waals surface area contributed by atoms with E-state index in [4.69, 9.17) is 9.57 Å². The highest BCUT2D eigenvalue weighted by molar-refractivity contribution is 5.53. The third-order valence-electron chi connectivity index (χ3n) is 5.70. The molecule has 1 atom stereocenters. The normalized spacial score (nSPS) is 18.3. The van der Waals surface area contributed by atoms with Gasteiger partial charge in [0.1, 0.15) is 12.4 Å². The summed E-state index contributed by atoms with van der Waals surface area (Å²) in [7, 11) is 4.02. The number of nitrogens with one attached hydrogen (secondary N) is 1. The number of hydrogen-bond donors (Lipinski definition) is 1. The molecule has 4 rings (SSSR count). The summed E-state index contributed by atoms with van der Waals surface area (Å²) in [5.41, 5.74) is 9.61. The van der Waals surface area contributed by atoms with Crippen LogP contribution in [0.25, 0.3) is 0 Å². The van der Waals surface area contributed by atoms with Gasteiger partial charge in [-0.2, -0.15) is 0 Å². The minimum atomic E-state index is 0.608. The summed E-state index contributed by atoms with van der Waals surface area (Å²) in [4.78, 5) is 7.75. The lowest BCUT2D eigenvalue weighted by atomic mass is 9.82. The maximum absolute atomic E-state index is 5.58. The van der Waals surface area contributed by atoms with Gasteiger partial charge in [-0.25, -0.2) is 0 Å². The number of nitrogens with zero attached hydrogens (tertiary/aromatic N) is 1. The molecular formula is C22H28N2O2. The summed E-state index contributed by atoms with van der Waals surface area (Å²) in [5.74, 6) is 1.67. The number of fused-ring (bicyclic) bond motifs is 2. The van der Waals surface area contributed by atoms with E-state index in [1.807, 2.05) is 0 Å². The molecule has 0 spiro atoms. The monoisotopic (exact) mass is 352 g/mol. The molecule has 2 aliphatic rings. The molecule has 0 fully saturated rings. The number of ether oxygens (including phenoxy) is 1. The molecule has 0 saturated heterocycles. The van der Waals surface area contributed by atoms with E-state index < -0.39 is 0 Å². The highest BCUT2D eigenvalue weighted by Gasteiger charge is 2.23. The summed E-state index contributed by atoms with van der Waals surface area (Å²) in [6.07, 6.45) is 4.74. The van der Waals surface area contributed by atoms with Gasteiger partial charge >= 0.3 is 0 Å². The van der Waals surface area contributed by atoms with Crippen LogP contribution in [0.2, 0.25) is 0 Å². The number of methoxy groups -OCH3 is 1. The van der Waals surface area contributed by atoms with Crippen LogP contribution in [0.15, 0.2) is 36.4 Å². The molecule has 2 aromatic carbocycles. The van der Waals surface area contributed by atoms with Crippen LogP contribution in [0, 0.1) is 0 Å². The van der Waals surface area contributed by atoms with E-state index in [1.54, 1.807) is 7.11 Å². The van der Waals surface area contributed by atoms with E-state index >= 15 is 0 Å². The van der Waals surface area contributed by atoms with Crippen LogP contribution in [0.3, 0.4) is 0 Å². The Morgan fingerprint density at radius 3 is 3.08 bits per heavy atom. The largest absolute Gasteiger partial charge is 0.496 e. The van der Waals surface area contributed by atoms with Crippen LogP contribution in [0.1, 0.15) is 41.0 Å². The highest BCUT2D eigenvalue weighted by atomic mass is 16.6. The SMILES string of the molecule is COc1cccc2c1CCCC2CN(C)CCc1ccc2c(c1)CON2. The van der Waals surface area contributed by atoms with Crippen molar-refractivity contribution < 1.29 is 9.57 Å². The van der Waals surface area contributed by atoms with E-state index in [-0.39, 0.29) is 0 Å². The smallest absolute Gasteiger partial charge is 0.122 e. The second-order valence-corrected chi connectivity index (χ2v) is 7.51. The van der Waals surface area contributed by atoms with Gasteiger partial charge in [0.05, 0.1) is 12.8 Å². The van der Waals surface area contributed by atoms with Crippen LogP contribution < -0.4 is 10.2 Å². The fraction of sp³-hybridized carbons (Fsp3) is 0.455. The maximum Gasteiger partial charge on any atom is 0.122 e. The topological polar surface area (TPSA) is 33.7 Å². The average Bonchev–Trinajstić information content (AvgIpc) is 3.14. The van der Waals surface area contributed by atoms with Gasteiger partial charge in [0.25, 0.3) is 0 Å². The van der Waals surface area contributed by atoms with Crippen molar-refractivity contribution in [2.45, 2.75) is 38.2 Å². The first kappa shape index (κ1) is 17.4. The van der Waals surface area contributed by atoms with Crippen LogP contribution >= 0.6 is 0 Å². The minimum absolute atomic E-state index is 0.608. The number of likely N-dealkylation sites (N-methyl/N-ethyl adjacent to an activating group) is 1. The molecule has 26 heavy (non-hydrogen) atoms. The van der Waals surface area contributed by atoms with Crippen molar-refractivity contribution in [3.05, 3.63) is 58.7 Å². The molecule has 1 N–H and O–H groups in total. The fourth-order valence-electron chi connectivity index (χ4n) is 4.29. The Bertz CT molecular complexity index is 775. The maximum atomic E-state index is 5.58. The van der Waals surface area contributed by atoms with E-state index in [0.717, 1.165) is 37.4 Å². The highest BCUT2D eigenvalue weighted by Crippen LogP contribution is 2.36. The van der Waals surface area contributed by atoms with Gasteiger partial charge in [0.2, 0.25) is 0 Å². The zero-order valence-electron chi connectivity index (χ0n) is 15.8. The lowest BCUT2D eigenvalue weighted by molar-refractivity contribution is 0.202. The summed E-state index contributed by atoms with van der Waals surface area (Å²) < 4.78 is 5.58. The number of rotatable bonds is 6. The van der Waals surface area contributed by atoms with Crippen molar-refractivity contribution in [2.24, 2.45) is 0 Å². The van der Waals surface area contributed by atoms with Crippen molar-refractivity contribution in [2.75, 3.05) is 32.7 Å². The van der Waals surface area contributed by atoms with E-state index in [2.05, 4.69) is 53.8 Å². The van der Waals surface area contributed by atoms with E-state index in [9.17, 15) is 0 Å². The summed E-state index contributed by atoms with van der Waals surface area (Å²) in [6, 6.07) is 13.1. The van der Waals surface area contributed by atoms with Crippen molar-refractivity contribution in [1.29, 1.82) is 0 Å². The quantitative estimate of drug-likeness (QED) is 0.847. The molecule has 1 unspecified atom stereocenters. The molecule has 0 aromatic heterocycles. The van der Waals surface area contributed by atoms with Gasteiger partial charge in [0.15, 0.2) is 0 Å². The lowest BCUT2D eigenvalue weighted by Gasteiger charge is -2.30. The molecule has 0 amide bonds. The van der Waals surface area contributed by atoms with Crippen LogP contribution in [0.5, 0.6) is 5.75 Å². The molecule has 0 saturated carbocycles. The van der Waals surface area contributed by atoms with Gasteiger partial charge in [-0.3, -0.25) is 10.3 Å². The van der Waals surface area contributed by atoms with Crippen molar-refractivity contribution in [3.8, 4) is 5.75 Å². The molecule has 2 aromatic rings. The Morgan fingerprint density at radius 2 is 2.19 bits per heavy atom. The molecule has 1 heterocycles. The average molecular weight is 352 g/mol. The predicted octanol–water partition coefficient (Wildman–Crippen LogP) is 4.15. The number of benzene rings is 2. The van der Waals surface area contributed by atoms with Crippen molar-refractivity contribution in [3.63, 3.8) is 0 Å². The van der Waals surface area contributed by atoms with Crippen molar-refractivity contribution in [1.82, 2.24) is 4.90 Å². The molecule has 1 aliphatic heterocycles. The third-order valence-corrected chi connectivity index (χ3v) is 5.70. The zero-order chi connectivity index (χ0) is 17.9. The Morgan fingerprint density at radius 1 is 1.27 bits per heavy atom. The van der Waals surface area contributed by atoms with Crippen LogP contribution in [-0.2, 0) is 24.3 Å². The summed E-state index contributed by atoms with van der Waals surface area (Å²) >= 11 is 0. The third kappa shape index (κ3) is 3.57. The van der Waals surface area contributed by atoms with Gasteiger partial charge in [-0.05, 0) is 67.5 Å². The van der Waals surface area contributed by atoms with E-state index in [1.165, 1.54) is 35.1 Å². The van der Waals surface area contributed by atoms with Gasteiger partial charge in [-0.1, -0.05) is 24.3 Å². The van der Waals surface area contributed by atoms with Crippen molar-refractivity contribution >= 4 is 5.69 Å². The molecule has 0 radical (unpaired) electrons. The summed E-state index contributed by atoms with van der Waals surface area (Å²) in [5, 5.41) is 0. The predicted molar refractivity (Wildman–Crippen MR) is 105 cm³/mol. The van der Waals surface area contributed by atoms with Gasteiger partial charge < -0.3 is 9.64 Å². The number of hydrogen-bond acceptors (Lipinski definition) is 4. The molecule has 138 valence electrons. The first-order valence-corrected chi connectivity index (χ1v) is 9.58. The van der Waals surface area contributed by atoms with Gasteiger partial charge in [-0.15, -0.1) is 0 Å². The summed E-state index contributed by atoms with van der Waals surface area (Å²) in [6.45, 7) is 2.85. The lowest BCUT2D eigenvalue weighted by Crippen LogP contribution is -2.28. The Hall–Kier alpha value is -2.04. The second kappa shape index (κ2) is 7.68. The molecule has 1 aliphatic carbocycles. The Balaban J connectivity index is 1.38. The molecule has 4 nitrogen and oxygen atoms in total. The first-order valence-electron chi connectivity index (χ1n) is 9.58. The number of anilines is 1. The first-order chi connectivity index (χ1) is 12.7.